The zero-order valence-electron chi connectivity index (χ0n) is 15.1. The fraction of sp³-hybridized carbons (Fsp3) is 0.238. The number of ether oxygens (including phenoxy) is 3. The number of esters is 1. The number of cyclic esters (lactones) is 1. The third-order valence-electron chi connectivity index (χ3n) is 4.15. The molecule has 1 aliphatic heterocycles. The summed E-state index contributed by atoms with van der Waals surface area (Å²) in [5.74, 6) is 1.28. The van der Waals surface area contributed by atoms with Crippen LogP contribution in [0.1, 0.15) is 23.1 Å². The Bertz CT molecular complexity index is 866. The highest BCUT2D eigenvalue weighted by molar-refractivity contribution is 6.07. The van der Waals surface area contributed by atoms with E-state index in [1.54, 1.807) is 32.4 Å². The molecule has 5 heteroatoms. The maximum atomic E-state index is 12.1. The number of benzene rings is 2. The third kappa shape index (κ3) is 4.11. The van der Waals surface area contributed by atoms with Crippen LogP contribution in [-0.2, 0) is 16.0 Å². The van der Waals surface area contributed by atoms with Gasteiger partial charge >= 0.3 is 5.97 Å². The van der Waals surface area contributed by atoms with Gasteiger partial charge in [0.15, 0.2) is 11.6 Å². The van der Waals surface area contributed by atoms with Gasteiger partial charge in [-0.05, 0) is 37.1 Å². The molecule has 0 saturated heterocycles. The van der Waals surface area contributed by atoms with Gasteiger partial charge in [-0.3, -0.25) is 0 Å². The number of aryl methyl sites for hydroxylation is 2. The number of hydrogen-bond acceptors (Lipinski definition) is 5. The van der Waals surface area contributed by atoms with E-state index in [-0.39, 0.29) is 5.70 Å². The third-order valence-corrected chi connectivity index (χ3v) is 4.15. The van der Waals surface area contributed by atoms with Crippen LogP contribution in [-0.4, -0.2) is 26.1 Å². The molecule has 0 bridgehead atoms. The quantitative estimate of drug-likeness (QED) is 0.584. The van der Waals surface area contributed by atoms with Crippen LogP contribution in [0.15, 0.2) is 53.2 Å². The van der Waals surface area contributed by atoms with E-state index in [4.69, 9.17) is 14.2 Å². The van der Waals surface area contributed by atoms with Crippen LogP contribution in [0, 0.1) is 6.92 Å². The van der Waals surface area contributed by atoms with E-state index in [0.717, 1.165) is 12.0 Å². The van der Waals surface area contributed by atoms with Crippen molar-refractivity contribution in [2.45, 2.75) is 19.8 Å². The Hall–Kier alpha value is -3.08. The number of hydrogen-bond donors (Lipinski definition) is 0. The van der Waals surface area contributed by atoms with Gasteiger partial charge in [0.2, 0.25) is 0 Å². The summed E-state index contributed by atoms with van der Waals surface area (Å²) in [7, 11) is 3.16. The molecule has 0 amide bonds. The van der Waals surface area contributed by atoms with Crippen molar-refractivity contribution in [3.05, 3.63) is 64.9 Å². The lowest BCUT2D eigenvalue weighted by Crippen LogP contribution is -2.05. The summed E-state index contributed by atoms with van der Waals surface area (Å²) < 4.78 is 15.8. The first-order chi connectivity index (χ1) is 12.6. The van der Waals surface area contributed by atoms with Crippen LogP contribution < -0.4 is 9.47 Å². The van der Waals surface area contributed by atoms with E-state index in [1.807, 2.05) is 6.07 Å². The van der Waals surface area contributed by atoms with Gasteiger partial charge in [-0.1, -0.05) is 29.8 Å². The van der Waals surface area contributed by atoms with Crippen molar-refractivity contribution < 1.29 is 19.0 Å². The van der Waals surface area contributed by atoms with Gasteiger partial charge in [0.1, 0.15) is 11.5 Å². The number of carbonyl (C=O) groups excluding carboxylic acids is 1. The molecule has 0 radical (unpaired) electrons. The molecule has 2 aromatic carbocycles. The van der Waals surface area contributed by atoms with Crippen molar-refractivity contribution in [3.8, 4) is 11.5 Å². The van der Waals surface area contributed by atoms with Crippen molar-refractivity contribution in [1.29, 1.82) is 0 Å². The van der Waals surface area contributed by atoms with E-state index in [2.05, 4.69) is 36.2 Å². The highest BCUT2D eigenvalue weighted by Crippen LogP contribution is 2.28. The summed E-state index contributed by atoms with van der Waals surface area (Å²) >= 11 is 0. The van der Waals surface area contributed by atoms with Crippen molar-refractivity contribution in [2.24, 2.45) is 4.99 Å². The smallest absolute Gasteiger partial charge is 0.363 e. The first kappa shape index (κ1) is 17.7. The molecular formula is C21H21NO4. The van der Waals surface area contributed by atoms with Gasteiger partial charge in [-0.2, -0.15) is 0 Å². The van der Waals surface area contributed by atoms with Crippen LogP contribution in [0.3, 0.4) is 0 Å². The second-order valence-electron chi connectivity index (χ2n) is 6.02. The normalized spacial score (nSPS) is 15.0. The van der Waals surface area contributed by atoms with E-state index < -0.39 is 5.97 Å². The van der Waals surface area contributed by atoms with Gasteiger partial charge < -0.3 is 14.2 Å². The first-order valence-corrected chi connectivity index (χ1v) is 8.38. The predicted molar refractivity (Wildman–Crippen MR) is 101 cm³/mol. The Morgan fingerprint density at radius 2 is 1.81 bits per heavy atom. The molecule has 134 valence electrons. The number of aliphatic imine (C=N–C) groups is 1. The van der Waals surface area contributed by atoms with Crippen LogP contribution in [0.25, 0.3) is 6.08 Å². The summed E-state index contributed by atoms with van der Waals surface area (Å²) in [6.45, 7) is 2.05. The molecule has 3 rings (SSSR count). The summed E-state index contributed by atoms with van der Waals surface area (Å²) in [4.78, 5) is 16.4. The maximum absolute atomic E-state index is 12.1. The highest BCUT2D eigenvalue weighted by Gasteiger charge is 2.23. The molecule has 0 spiro atoms. The average molecular weight is 351 g/mol. The van der Waals surface area contributed by atoms with Crippen LogP contribution in [0.2, 0.25) is 0 Å². The molecule has 1 heterocycles. The molecule has 0 aromatic heterocycles. The number of methoxy groups -OCH3 is 2. The number of nitrogens with zero attached hydrogens (tertiary/aromatic N) is 1. The van der Waals surface area contributed by atoms with Gasteiger partial charge in [-0.25, -0.2) is 9.79 Å². The summed E-state index contributed by atoms with van der Waals surface area (Å²) in [5, 5.41) is 0. The summed E-state index contributed by atoms with van der Waals surface area (Å²) in [6.07, 6.45) is 3.01. The second-order valence-corrected chi connectivity index (χ2v) is 6.02. The van der Waals surface area contributed by atoms with E-state index in [1.165, 1.54) is 11.1 Å². The lowest BCUT2D eigenvalue weighted by Gasteiger charge is -2.07. The minimum atomic E-state index is -0.443. The zero-order chi connectivity index (χ0) is 18.5. The summed E-state index contributed by atoms with van der Waals surface area (Å²) in [5.41, 5.74) is 3.41. The van der Waals surface area contributed by atoms with Crippen molar-refractivity contribution in [3.63, 3.8) is 0 Å². The van der Waals surface area contributed by atoms with Crippen LogP contribution in [0.5, 0.6) is 11.5 Å². The number of rotatable bonds is 6. The van der Waals surface area contributed by atoms with Gasteiger partial charge in [-0.15, -0.1) is 0 Å². The lowest BCUT2D eigenvalue weighted by atomic mass is 10.1. The molecule has 0 saturated carbocycles. The lowest BCUT2D eigenvalue weighted by molar-refractivity contribution is -0.130. The van der Waals surface area contributed by atoms with Crippen molar-refractivity contribution in [1.82, 2.24) is 0 Å². The van der Waals surface area contributed by atoms with E-state index in [9.17, 15) is 4.79 Å². The fourth-order valence-electron chi connectivity index (χ4n) is 2.65. The predicted octanol–water partition coefficient (Wildman–Crippen LogP) is 3.94. The number of carbonyl (C=O) groups is 1. The highest BCUT2D eigenvalue weighted by atomic mass is 16.6. The van der Waals surface area contributed by atoms with Gasteiger partial charge in [0.25, 0.3) is 0 Å². The van der Waals surface area contributed by atoms with Crippen molar-refractivity contribution >= 4 is 17.9 Å². The molecule has 0 N–H and O–H groups in total. The average Bonchev–Trinajstić information content (AvgIpc) is 3.01. The van der Waals surface area contributed by atoms with Gasteiger partial charge in [0.05, 0.1) is 14.2 Å². The Balaban J connectivity index is 1.75. The largest absolute Gasteiger partial charge is 0.497 e. The zero-order valence-corrected chi connectivity index (χ0v) is 15.1. The fourth-order valence-corrected chi connectivity index (χ4v) is 2.65. The summed E-state index contributed by atoms with van der Waals surface area (Å²) in [6, 6.07) is 13.7. The molecule has 0 fully saturated rings. The molecule has 0 unspecified atom stereocenters. The monoisotopic (exact) mass is 351 g/mol. The minimum absolute atomic E-state index is 0.271. The molecular weight excluding hydrogens is 330 g/mol. The van der Waals surface area contributed by atoms with Crippen LogP contribution >= 0.6 is 0 Å². The molecule has 26 heavy (non-hydrogen) atoms. The SMILES string of the molecule is COc1ccc(/C=C2/N=C(CCc3ccc(C)cc3)OC2=O)c(OC)c1. The standard InChI is InChI=1S/C21H21NO4/c1-14-4-6-15(7-5-14)8-11-20-22-18(21(23)26-20)12-16-9-10-17(24-2)13-19(16)25-3/h4-7,9-10,12-13H,8,11H2,1-3H3/b18-12+. The first-order valence-electron chi connectivity index (χ1n) is 8.38. The maximum Gasteiger partial charge on any atom is 0.363 e. The van der Waals surface area contributed by atoms with E-state index >= 15 is 0 Å². The Morgan fingerprint density at radius 3 is 2.50 bits per heavy atom. The molecule has 5 nitrogen and oxygen atoms in total. The second kappa shape index (κ2) is 7.87. The van der Waals surface area contributed by atoms with Crippen molar-refractivity contribution in [2.75, 3.05) is 14.2 Å². The Labute approximate surface area is 152 Å². The minimum Gasteiger partial charge on any atom is -0.497 e. The molecule has 0 atom stereocenters. The van der Waals surface area contributed by atoms with E-state index in [0.29, 0.717) is 23.8 Å². The molecule has 0 aliphatic carbocycles. The molecule has 2 aromatic rings. The molecule has 1 aliphatic rings. The Morgan fingerprint density at radius 1 is 1.04 bits per heavy atom. The topological polar surface area (TPSA) is 57.1 Å². The van der Waals surface area contributed by atoms with Crippen LogP contribution in [0.4, 0.5) is 0 Å². The van der Waals surface area contributed by atoms with Gasteiger partial charge in [0, 0.05) is 18.1 Å². The Kier molecular flexibility index (Phi) is 5.37.